The molecule has 1 N–H and O–H groups in total. The molecule has 1 amide bonds. The van der Waals surface area contributed by atoms with E-state index in [-0.39, 0.29) is 5.91 Å². The molecule has 6 heteroatoms. The summed E-state index contributed by atoms with van der Waals surface area (Å²) in [5.41, 5.74) is 2.97. The van der Waals surface area contributed by atoms with E-state index in [4.69, 9.17) is 4.74 Å². The molecule has 0 spiro atoms. The van der Waals surface area contributed by atoms with Gasteiger partial charge in [0.05, 0.1) is 17.7 Å². The van der Waals surface area contributed by atoms with Gasteiger partial charge in [-0.1, -0.05) is 18.2 Å². The molecule has 1 fully saturated rings. The maximum atomic E-state index is 12.4. The number of amides is 1. The number of nitrogens with one attached hydrogen (secondary N) is 1. The Morgan fingerprint density at radius 1 is 1.19 bits per heavy atom. The number of fused-ring (bicyclic) bond motifs is 1. The minimum atomic E-state index is -0.124. The number of hydrogen-bond acceptors (Lipinski definition) is 4. The summed E-state index contributed by atoms with van der Waals surface area (Å²) in [6.07, 6.45) is 4.02. The molecule has 1 aliphatic heterocycles. The number of amidine groups is 1. The molecular formula is C21H19N3O2S. The van der Waals surface area contributed by atoms with Gasteiger partial charge in [0.1, 0.15) is 5.75 Å². The van der Waals surface area contributed by atoms with E-state index in [0.29, 0.717) is 10.1 Å². The van der Waals surface area contributed by atoms with Crippen LogP contribution in [0.3, 0.4) is 0 Å². The number of aromatic nitrogens is 1. The van der Waals surface area contributed by atoms with Crippen LogP contribution in [0.1, 0.15) is 12.5 Å². The van der Waals surface area contributed by atoms with E-state index in [0.717, 1.165) is 28.9 Å². The van der Waals surface area contributed by atoms with E-state index < -0.39 is 0 Å². The second kappa shape index (κ2) is 7.32. The maximum Gasteiger partial charge on any atom is 0.264 e. The Balaban J connectivity index is 1.63. The first-order chi connectivity index (χ1) is 13.2. The molecule has 1 aromatic heterocycles. The second-order valence-corrected chi connectivity index (χ2v) is 7.10. The number of ether oxygens (including phenoxy) is 1. The summed E-state index contributed by atoms with van der Waals surface area (Å²) in [7, 11) is 1.63. The topological polar surface area (TPSA) is 55.6 Å². The second-order valence-electron chi connectivity index (χ2n) is 6.07. The van der Waals surface area contributed by atoms with Gasteiger partial charge in [-0.05, 0) is 55.1 Å². The molecule has 136 valence electrons. The third-order valence-corrected chi connectivity index (χ3v) is 5.31. The first-order valence-corrected chi connectivity index (χ1v) is 9.51. The van der Waals surface area contributed by atoms with Gasteiger partial charge in [0.15, 0.2) is 5.17 Å². The molecule has 4 rings (SSSR count). The van der Waals surface area contributed by atoms with Crippen molar-refractivity contribution in [2.24, 2.45) is 4.99 Å². The zero-order valence-electron chi connectivity index (χ0n) is 15.1. The first kappa shape index (κ1) is 17.4. The monoisotopic (exact) mass is 377 g/mol. The van der Waals surface area contributed by atoms with Crippen LogP contribution in [0.5, 0.6) is 5.75 Å². The van der Waals surface area contributed by atoms with Crippen molar-refractivity contribution in [3.8, 4) is 5.75 Å². The fourth-order valence-corrected chi connectivity index (χ4v) is 3.88. The Morgan fingerprint density at radius 2 is 1.96 bits per heavy atom. The minimum absolute atomic E-state index is 0.124. The number of aryl methyl sites for hydroxylation is 1. The number of carbonyl (C=O) groups is 1. The SMILES string of the molecule is CCn1cc(/C=C2/SC(=Nc3ccc(OC)cc3)NC2=O)c2ccccc21. The Bertz CT molecular complexity index is 1060. The van der Waals surface area contributed by atoms with E-state index in [2.05, 4.69) is 40.1 Å². The lowest BCUT2D eigenvalue weighted by Crippen LogP contribution is -2.19. The predicted molar refractivity (Wildman–Crippen MR) is 111 cm³/mol. The van der Waals surface area contributed by atoms with Crippen LogP contribution in [0.15, 0.2) is 64.6 Å². The van der Waals surface area contributed by atoms with Crippen LogP contribution in [0.4, 0.5) is 5.69 Å². The Kier molecular flexibility index (Phi) is 4.73. The lowest BCUT2D eigenvalue weighted by atomic mass is 10.1. The lowest BCUT2D eigenvalue weighted by Gasteiger charge is -1.99. The summed E-state index contributed by atoms with van der Waals surface area (Å²) < 4.78 is 7.34. The van der Waals surface area contributed by atoms with Crippen molar-refractivity contribution in [1.29, 1.82) is 0 Å². The highest BCUT2D eigenvalue weighted by Gasteiger charge is 2.24. The summed E-state index contributed by atoms with van der Waals surface area (Å²) in [5, 5.41) is 4.56. The Hall–Kier alpha value is -2.99. The van der Waals surface area contributed by atoms with Gasteiger partial charge in [-0.15, -0.1) is 0 Å². The zero-order chi connectivity index (χ0) is 18.8. The summed E-state index contributed by atoms with van der Waals surface area (Å²) in [5.74, 6) is 0.649. The minimum Gasteiger partial charge on any atom is -0.497 e. The van der Waals surface area contributed by atoms with E-state index in [1.54, 1.807) is 7.11 Å². The number of para-hydroxylation sites is 1. The lowest BCUT2D eigenvalue weighted by molar-refractivity contribution is -0.115. The number of methoxy groups -OCH3 is 1. The summed E-state index contributed by atoms with van der Waals surface area (Å²) >= 11 is 1.35. The van der Waals surface area contributed by atoms with Crippen molar-refractivity contribution >= 4 is 45.5 Å². The van der Waals surface area contributed by atoms with Crippen molar-refractivity contribution in [2.75, 3.05) is 7.11 Å². The molecule has 0 unspecified atom stereocenters. The van der Waals surface area contributed by atoms with E-state index in [9.17, 15) is 4.79 Å². The van der Waals surface area contributed by atoms with Gasteiger partial charge in [0, 0.05) is 29.2 Å². The van der Waals surface area contributed by atoms with Crippen molar-refractivity contribution < 1.29 is 9.53 Å². The highest BCUT2D eigenvalue weighted by Crippen LogP contribution is 2.31. The van der Waals surface area contributed by atoms with Crippen molar-refractivity contribution in [2.45, 2.75) is 13.5 Å². The van der Waals surface area contributed by atoms with Crippen LogP contribution in [0.2, 0.25) is 0 Å². The van der Waals surface area contributed by atoms with Crippen LogP contribution >= 0.6 is 11.8 Å². The number of rotatable bonds is 4. The zero-order valence-corrected chi connectivity index (χ0v) is 15.9. The van der Waals surface area contributed by atoms with Crippen LogP contribution in [-0.2, 0) is 11.3 Å². The normalized spacial score (nSPS) is 17.0. The molecule has 2 aromatic carbocycles. The molecule has 0 atom stereocenters. The van der Waals surface area contributed by atoms with E-state index in [1.165, 1.54) is 17.3 Å². The van der Waals surface area contributed by atoms with Gasteiger partial charge in [0.25, 0.3) is 5.91 Å². The summed E-state index contributed by atoms with van der Waals surface area (Å²) in [6, 6.07) is 15.6. The fourth-order valence-electron chi connectivity index (χ4n) is 3.05. The first-order valence-electron chi connectivity index (χ1n) is 8.69. The third kappa shape index (κ3) is 3.48. The van der Waals surface area contributed by atoms with Gasteiger partial charge >= 0.3 is 0 Å². The highest BCUT2D eigenvalue weighted by atomic mass is 32.2. The maximum absolute atomic E-state index is 12.4. The molecule has 5 nitrogen and oxygen atoms in total. The van der Waals surface area contributed by atoms with Gasteiger partial charge in [-0.25, -0.2) is 4.99 Å². The number of benzene rings is 2. The van der Waals surface area contributed by atoms with Crippen molar-refractivity contribution in [3.63, 3.8) is 0 Å². The Morgan fingerprint density at radius 3 is 2.70 bits per heavy atom. The molecule has 1 aliphatic rings. The largest absolute Gasteiger partial charge is 0.497 e. The number of thioether (sulfide) groups is 1. The summed E-state index contributed by atoms with van der Waals surface area (Å²) in [4.78, 5) is 17.5. The summed E-state index contributed by atoms with van der Waals surface area (Å²) in [6.45, 7) is 2.99. The fraction of sp³-hybridized carbons (Fsp3) is 0.143. The van der Waals surface area contributed by atoms with E-state index >= 15 is 0 Å². The molecule has 0 bridgehead atoms. The van der Waals surface area contributed by atoms with Crippen LogP contribution < -0.4 is 10.1 Å². The molecule has 3 aromatic rings. The molecular weight excluding hydrogens is 358 g/mol. The van der Waals surface area contributed by atoms with Gasteiger partial charge < -0.3 is 14.6 Å². The Labute approximate surface area is 161 Å². The number of aliphatic imine (C=N–C) groups is 1. The number of carbonyl (C=O) groups excluding carboxylic acids is 1. The molecule has 0 aliphatic carbocycles. The van der Waals surface area contributed by atoms with E-state index in [1.807, 2.05) is 42.5 Å². The molecule has 27 heavy (non-hydrogen) atoms. The highest BCUT2D eigenvalue weighted by molar-refractivity contribution is 8.18. The van der Waals surface area contributed by atoms with Gasteiger partial charge in [0.2, 0.25) is 0 Å². The van der Waals surface area contributed by atoms with Crippen molar-refractivity contribution in [1.82, 2.24) is 9.88 Å². The molecule has 0 saturated carbocycles. The number of hydrogen-bond donors (Lipinski definition) is 1. The van der Waals surface area contributed by atoms with Gasteiger partial charge in [-0.2, -0.15) is 0 Å². The van der Waals surface area contributed by atoms with Crippen LogP contribution in [0, 0.1) is 0 Å². The van der Waals surface area contributed by atoms with Crippen LogP contribution in [-0.4, -0.2) is 22.8 Å². The molecule has 2 heterocycles. The smallest absolute Gasteiger partial charge is 0.264 e. The average Bonchev–Trinajstić information content (AvgIpc) is 3.23. The average molecular weight is 377 g/mol. The van der Waals surface area contributed by atoms with Crippen LogP contribution in [0.25, 0.3) is 17.0 Å². The quantitative estimate of drug-likeness (QED) is 0.678. The number of nitrogens with zero attached hydrogens (tertiary/aromatic N) is 2. The standard InChI is InChI=1S/C21H19N3O2S/c1-3-24-13-14(17-6-4-5-7-18(17)24)12-19-20(25)23-21(27-19)22-15-8-10-16(26-2)11-9-15/h4-13H,3H2,1-2H3,(H,22,23,25)/b19-12+. The molecule has 1 saturated heterocycles. The molecule has 0 radical (unpaired) electrons. The van der Waals surface area contributed by atoms with Gasteiger partial charge in [-0.3, -0.25) is 4.79 Å². The predicted octanol–water partition coefficient (Wildman–Crippen LogP) is 4.56. The van der Waals surface area contributed by atoms with Crippen molar-refractivity contribution in [3.05, 3.63) is 65.2 Å². The third-order valence-electron chi connectivity index (χ3n) is 4.40.